The molecule has 2 heteroatoms. The van der Waals surface area contributed by atoms with E-state index in [0.717, 1.165) is 0 Å². The summed E-state index contributed by atoms with van der Waals surface area (Å²) in [7, 11) is 0. The highest BCUT2D eigenvalue weighted by Crippen LogP contribution is 2.26. The quantitative estimate of drug-likeness (QED) is 0.682. The first-order chi connectivity index (χ1) is 10.3. The summed E-state index contributed by atoms with van der Waals surface area (Å²) in [6, 6.07) is 24.0. The first-order valence-electron chi connectivity index (χ1n) is 7.22. The van der Waals surface area contributed by atoms with Crippen LogP contribution in [-0.2, 0) is 0 Å². The Morgan fingerprint density at radius 3 is 1.81 bits per heavy atom. The van der Waals surface area contributed by atoms with Crippen LogP contribution in [0.4, 0.5) is 0 Å². The minimum atomic E-state index is 0.210. The fourth-order valence-electron chi connectivity index (χ4n) is 2.54. The van der Waals surface area contributed by atoms with Crippen LogP contribution in [-0.4, -0.2) is 0 Å². The van der Waals surface area contributed by atoms with E-state index in [1.165, 1.54) is 16.7 Å². The van der Waals surface area contributed by atoms with Gasteiger partial charge in [-0.3, -0.25) is 5.32 Å². The molecule has 1 unspecified atom stereocenters. The van der Waals surface area contributed by atoms with Crippen molar-refractivity contribution in [3.05, 3.63) is 94.2 Å². The minimum Gasteiger partial charge on any atom is -0.300 e. The fraction of sp³-hybridized carbons (Fsp3) is 0.158. The van der Waals surface area contributed by atoms with Gasteiger partial charge in [-0.05, 0) is 40.4 Å². The summed E-state index contributed by atoms with van der Waals surface area (Å²) in [5.74, 6) is 0. The van der Waals surface area contributed by atoms with Crippen molar-refractivity contribution in [3.63, 3.8) is 0 Å². The maximum Gasteiger partial charge on any atom is 0.0581 e. The molecule has 1 heterocycles. The highest BCUT2D eigenvalue weighted by molar-refractivity contribution is 7.07. The Morgan fingerprint density at radius 1 is 0.762 bits per heavy atom. The van der Waals surface area contributed by atoms with Gasteiger partial charge in [0.25, 0.3) is 0 Å². The van der Waals surface area contributed by atoms with Gasteiger partial charge in [0.2, 0.25) is 0 Å². The Kier molecular flexibility index (Phi) is 4.49. The number of rotatable bonds is 5. The molecule has 0 radical (unpaired) electrons. The summed E-state index contributed by atoms with van der Waals surface area (Å²) in [6.45, 7) is 2.22. The van der Waals surface area contributed by atoms with Gasteiger partial charge in [-0.15, -0.1) is 0 Å². The molecule has 3 aromatic rings. The third-order valence-corrected chi connectivity index (χ3v) is 4.43. The van der Waals surface area contributed by atoms with Crippen LogP contribution in [0, 0.1) is 0 Å². The largest absolute Gasteiger partial charge is 0.300 e. The lowest BCUT2D eigenvalue weighted by atomic mass is 9.97. The van der Waals surface area contributed by atoms with Gasteiger partial charge in [0.05, 0.1) is 6.04 Å². The molecule has 3 rings (SSSR count). The third-order valence-electron chi connectivity index (χ3n) is 3.73. The molecule has 1 N–H and O–H groups in total. The Labute approximate surface area is 130 Å². The number of thiophene rings is 1. The molecule has 0 bridgehead atoms. The second kappa shape index (κ2) is 6.70. The van der Waals surface area contributed by atoms with E-state index in [-0.39, 0.29) is 6.04 Å². The number of hydrogen-bond donors (Lipinski definition) is 1. The second-order valence-corrected chi connectivity index (χ2v) is 5.98. The zero-order chi connectivity index (χ0) is 14.5. The summed E-state index contributed by atoms with van der Waals surface area (Å²) in [5.41, 5.74) is 3.94. The monoisotopic (exact) mass is 293 g/mol. The van der Waals surface area contributed by atoms with Crippen LogP contribution in [0.25, 0.3) is 0 Å². The Bertz CT molecular complexity index is 607. The van der Waals surface area contributed by atoms with Gasteiger partial charge in [-0.2, -0.15) is 11.3 Å². The van der Waals surface area contributed by atoms with Gasteiger partial charge in [-0.1, -0.05) is 60.7 Å². The molecule has 1 nitrogen and oxygen atoms in total. The molecule has 0 spiro atoms. The lowest BCUT2D eigenvalue weighted by molar-refractivity contribution is 0.517. The SMILES string of the molecule is CC(NC(c1ccccc1)c1ccccc1)c1ccsc1. The zero-order valence-corrected chi connectivity index (χ0v) is 12.9. The molecule has 1 aromatic heterocycles. The topological polar surface area (TPSA) is 12.0 Å². The molecule has 1 atom stereocenters. The van der Waals surface area contributed by atoms with Gasteiger partial charge in [-0.25, -0.2) is 0 Å². The smallest absolute Gasteiger partial charge is 0.0581 e. The normalized spacial score (nSPS) is 12.5. The van der Waals surface area contributed by atoms with E-state index in [2.05, 4.69) is 89.7 Å². The van der Waals surface area contributed by atoms with Crippen molar-refractivity contribution in [2.24, 2.45) is 0 Å². The standard InChI is InChI=1S/C19H19NS/c1-15(18-12-13-21-14-18)20-19(16-8-4-2-5-9-16)17-10-6-3-7-11-17/h2-15,19-20H,1H3. The van der Waals surface area contributed by atoms with Gasteiger partial charge in [0, 0.05) is 6.04 Å². The summed E-state index contributed by atoms with van der Waals surface area (Å²) in [4.78, 5) is 0. The lowest BCUT2D eigenvalue weighted by Gasteiger charge is -2.24. The van der Waals surface area contributed by atoms with Crippen molar-refractivity contribution in [2.45, 2.75) is 19.0 Å². The van der Waals surface area contributed by atoms with Crippen LogP contribution >= 0.6 is 11.3 Å². The van der Waals surface area contributed by atoms with Crippen LogP contribution in [0.5, 0.6) is 0 Å². The van der Waals surface area contributed by atoms with Crippen molar-refractivity contribution in [3.8, 4) is 0 Å². The lowest BCUT2D eigenvalue weighted by Crippen LogP contribution is -2.25. The Balaban J connectivity index is 1.90. The maximum atomic E-state index is 3.76. The van der Waals surface area contributed by atoms with Crippen molar-refractivity contribution >= 4 is 11.3 Å². The highest BCUT2D eigenvalue weighted by atomic mass is 32.1. The Morgan fingerprint density at radius 2 is 1.33 bits per heavy atom. The predicted octanol–water partition coefficient (Wildman–Crippen LogP) is 5.19. The molecule has 0 aliphatic heterocycles. The molecule has 0 aliphatic rings. The fourth-order valence-corrected chi connectivity index (χ4v) is 3.30. The molecule has 0 saturated carbocycles. The van der Waals surface area contributed by atoms with Gasteiger partial charge >= 0.3 is 0 Å². The number of benzene rings is 2. The van der Waals surface area contributed by atoms with E-state index >= 15 is 0 Å². The van der Waals surface area contributed by atoms with Gasteiger partial charge in [0.1, 0.15) is 0 Å². The van der Waals surface area contributed by atoms with Crippen molar-refractivity contribution in [2.75, 3.05) is 0 Å². The Hall–Kier alpha value is -1.90. The average Bonchev–Trinajstić information content (AvgIpc) is 3.09. The minimum absolute atomic E-state index is 0.210. The maximum absolute atomic E-state index is 3.76. The second-order valence-electron chi connectivity index (χ2n) is 5.20. The summed E-state index contributed by atoms with van der Waals surface area (Å²) in [5, 5.41) is 8.10. The summed E-state index contributed by atoms with van der Waals surface area (Å²) < 4.78 is 0. The molecule has 2 aromatic carbocycles. The van der Waals surface area contributed by atoms with Crippen molar-refractivity contribution < 1.29 is 0 Å². The van der Waals surface area contributed by atoms with E-state index in [1.54, 1.807) is 11.3 Å². The molecule has 21 heavy (non-hydrogen) atoms. The molecule has 0 fully saturated rings. The third kappa shape index (κ3) is 3.41. The van der Waals surface area contributed by atoms with E-state index in [0.29, 0.717) is 6.04 Å². The molecule has 0 saturated heterocycles. The molecular weight excluding hydrogens is 274 g/mol. The van der Waals surface area contributed by atoms with Crippen LogP contribution in [0.15, 0.2) is 77.5 Å². The van der Waals surface area contributed by atoms with Crippen LogP contribution < -0.4 is 5.32 Å². The van der Waals surface area contributed by atoms with E-state index in [1.807, 2.05) is 0 Å². The van der Waals surface area contributed by atoms with Crippen molar-refractivity contribution in [1.29, 1.82) is 0 Å². The molecule has 0 amide bonds. The van der Waals surface area contributed by atoms with E-state index in [4.69, 9.17) is 0 Å². The van der Waals surface area contributed by atoms with Crippen LogP contribution in [0.1, 0.15) is 35.7 Å². The zero-order valence-electron chi connectivity index (χ0n) is 12.1. The van der Waals surface area contributed by atoms with Crippen molar-refractivity contribution in [1.82, 2.24) is 5.32 Å². The van der Waals surface area contributed by atoms with Gasteiger partial charge in [0.15, 0.2) is 0 Å². The first kappa shape index (κ1) is 14.1. The van der Waals surface area contributed by atoms with Gasteiger partial charge < -0.3 is 0 Å². The van der Waals surface area contributed by atoms with E-state index < -0.39 is 0 Å². The molecular formula is C19H19NS. The van der Waals surface area contributed by atoms with E-state index in [9.17, 15) is 0 Å². The first-order valence-corrected chi connectivity index (χ1v) is 8.17. The van der Waals surface area contributed by atoms with Crippen LogP contribution in [0.2, 0.25) is 0 Å². The molecule has 0 aliphatic carbocycles. The highest BCUT2D eigenvalue weighted by Gasteiger charge is 2.17. The summed E-state index contributed by atoms with van der Waals surface area (Å²) >= 11 is 1.75. The van der Waals surface area contributed by atoms with Crippen LogP contribution in [0.3, 0.4) is 0 Å². The molecule has 106 valence electrons. The number of hydrogen-bond acceptors (Lipinski definition) is 2. The predicted molar refractivity (Wildman–Crippen MR) is 90.6 cm³/mol. The average molecular weight is 293 g/mol. The number of nitrogens with one attached hydrogen (secondary N) is 1. The summed E-state index contributed by atoms with van der Waals surface area (Å²) in [6.07, 6.45) is 0.